The van der Waals surface area contributed by atoms with Crippen LogP contribution in [0, 0.1) is 11.3 Å². The Kier molecular flexibility index (Phi) is 3.06. The molecule has 0 unspecified atom stereocenters. The normalized spacial score (nSPS) is 9.88. The molecule has 2 aromatic rings. The number of carbonyl (C=O) groups is 1. The molecule has 3 nitrogen and oxygen atoms in total. The second-order valence-electron chi connectivity index (χ2n) is 3.89. The Morgan fingerprint density at radius 1 is 1.29 bits per heavy atom. The fraction of sp³-hybridized carbons (Fsp3) is 0.143. The van der Waals surface area contributed by atoms with Gasteiger partial charge in [0.1, 0.15) is 0 Å². The summed E-state index contributed by atoms with van der Waals surface area (Å²) in [6.07, 6.45) is 1.88. The van der Waals surface area contributed by atoms with Crippen molar-refractivity contribution in [3.63, 3.8) is 0 Å². The van der Waals surface area contributed by atoms with Crippen LogP contribution in [0.5, 0.6) is 0 Å². The van der Waals surface area contributed by atoms with Crippen LogP contribution in [-0.4, -0.2) is 10.4 Å². The summed E-state index contributed by atoms with van der Waals surface area (Å²) in [5.74, 6) is 0.0589. The molecule has 0 amide bonds. The maximum atomic E-state index is 11.4. The monoisotopic (exact) mass is 224 g/mol. The van der Waals surface area contributed by atoms with Gasteiger partial charge in [0.2, 0.25) is 0 Å². The number of carbonyl (C=O) groups excluding carboxylic acids is 1. The molecule has 0 saturated carbocycles. The molecule has 0 bridgehead atoms. The first-order valence-electron chi connectivity index (χ1n) is 5.36. The van der Waals surface area contributed by atoms with E-state index in [0.717, 1.165) is 5.56 Å². The average Bonchev–Trinajstić information content (AvgIpc) is 2.78. The summed E-state index contributed by atoms with van der Waals surface area (Å²) in [6, 6.07) is 13.1. The minimum Gasteiger partial charge on any atom is -0.341 e. The van der Waals surface area contributed by atoms with Gasteiger partial charge in [-0.1, -0.05) is 12.1 Å². The van der Waals surface area contributed by atoms with E-state index in [4.69, 9.17) is 5.26 Å². The topological polar surface area (TPSA) is 45.8 Å². The molecular weight excluding hydrogens is 212 g/mol. The van der Waals surface area contributed by atoms with Crippen molar-refractivity contribution in [1.82, 2.24) is 4.57 Å². The quantitative estimate of drug-likeness (QED) is 0.752. The molecule has 1 aromatic heterocycles. The van der Waals surface area contributed by atoms with Crippen LogP contribution in [0.4, 0.5) is 0 Å². The molecule has 1 heterocycles. The molecule has 1 aromatic carbocycles. The van der Waals surface area contributed by atoms with Gasteiger partial charge in [0.25, 0.3) is 0 Å². The van der Waals surface area contributed by atoms with E-state index in [2.05, 4.69) is 6.07 Å². The first-order valence-corrected chi connectivity index (χ1v) is 5.36. The Balaban J connectivity index is 2.23. The molecule has 0 spiro atoms. The van der Waals surface area contributed by atoms with Gasteiger partial charge >= 0.3 is 0 Å². The maximum absolute atomic E-state index is 11.4. The maximum Gasteiger partial charge on any atom is 0.176 e. The van der Waals surface area contributed by atoms with Crippen molar-refractivity contribution in [2.45, 2.75) is 13.5 Å². The Morgan fingerprint density at radius 2 is 2.00 bits per heavy atom. The van der Waals surface area contributed by atoms with E-state index in [1.807, 2.05) is 35.0 Å². The SMILES string of the molecule is CC(=O)c1cccn1Cc1ccc(C#N)cc1. The Bertz CT molecular complexity index is 573. The van der Waals surface area contributed by atoms with E-state index in [9.17, 15) is 4.79 Å². The highest BCUT2D eigenvalue weighted by Gasteiger charge is 2.05. The van der Waals surface area contributed by atoms with Gasteiger partial charge in [0.15, 0.2) is 5.78 Å². The molecule has 0 atom stereocenters. The minimum absolute atomic E-state index is 0.0589. The summed E-state index contributed by atoms with van der Waals surface area (Å²) in [7, 11) is 0. The Labute approximate surface area is 99.9 Å². The number of rotatable bonds is 3. The zero-order valence-corrected chi connectivity index (χ0v) is 9.55. The summed E-state index contributed by atoms with van der Waals surface area (Å²) in [5.41, 5.74) is 2.42. The molecule has 2 rings (SSSR count). The van der Waals surface area contributed by atoms with Crippen LogP contribution in [0.3, 0.4) is 0 Å². The molecule has 0 N–H and O–H groups in total. The number of benzene rings is 1. The first kappa shape index (κ1) is 11.2. The number of ketones is 1. The fourth-order valence-electron chi connectivity index (χ4n) is 1.75. The average molecular weight is 224 g/mol. The van der Waals surface area contributed by atoms with Crippen molar-refractivity contribution >= 4 is 5.78 Å². The van der Waals surface area contributed by atoms with E-state index < -0.39 is 0 Å². The van der Waals surface area contributed by atoms with Crippen LogP contribution in [0.2, 0.25) is 0 Å². The molecule has 0 fully saturated rings. The molecule has 0 aliphatic rings. The highest BCUT2D eigenvalue weighted by molar-refractivity contribution is 5.92. The summed E-state index contributed by atoms with van der Waals surface area (Å²) in [5, 5.41) is 8.70. The standard InChI is InChI=1S/C14H12N2O/c1-11(17)14-3-2-8-16(14)10-13-6-4-12(9-15)5-7-13/h2-8H,10H2,1H3. The summed E-state index contributed by atoms with van der Waals surface area (Å²) in [4.78, 5) is 11.4. The summed E-state index contributed by atoms with van der Waals surface area (Å²) >= 11 is 0. The van der Waals surface area contributed by atoms with Gasteiger partial charge < -0.3 is 4.57 Å². The molecule has 84 valence electrons. The molecule has 0 aliphatic heterocycles. The lowest BCUT2D eigenvalue weighted by Gasteiger charge is -2.07. The van der Waals surface area contributed by atoms with Gasteiger partial charge in [-0.15, -0.1) is 0 Å². The lowest BCUT2D eigenvalue weighted by Crippen LogP contribution is -2.06. The van der Waals surface area contributed by atoms with Crippen molar-refractivity contribution in [2.24, 2.45) is 0 Å². The molecule has 0 saturated heterocycles. The molecule has 3 heteroatoms. The molecular formula is C14H12N2O. The third-order valence-corrected chi connectivity index (χ3v) is 2.63. The van der Waals surface area contributed by atoms with Gasteiger partial charge in [0, 0.05) is 19.7 Å². The lowest BCUT2D eigenvalue weighted by molar-refractivity contribution is 0.100. The van der Waals surface area contributed by atoms with Crippen LogP contribution >= 0.6 is 0 Å². The largest absolute Gasteiger partial charge is 0.341 e. The van der Waals surface area contributed by atoms with Crippen molar-refractivity contribution in [1.29, 1.82) is 5.26 Å². The van der Waals surface area contributed by atoms with E-state index in [0.29, 0.717) is 17.8 Å². The van der Waals surface area contributed by atoms with Crippen LogP contribution < -0.4 is 0 Å². The zero-order chi connectivity index (χ0) is 12.3. The summed E-state index contributed by atoms with van der Waals surface area (Å²) in [6.45, 7) is 2.21. The highest BCUT2D eigenvalue weighted by Crippen LogP contribution is 2.09. The van der Waals surface area contributed by atoms with Gasteiger partial charge in [-0.3, -0.25) is 4.79 Å². The van der Waals surface area contributed by atoms with Crippen LogP contribution in [-0.2, 0) is 6.54 Å². The van der Waals surface area contributed by atoms with Crippen LogP contribution in [0.1, 0.15) is 28.5 Å². The van der Waals surface area contributed by atoms with Crippen molar-refractivity contribution in [2.75, 3.05) is 0 Å². The fourth-order valence-corrected chi connectivity index (χ4v) is 1.75. The lowest BCUT2D eigenvalue weighted by atomic mass is 10.1. The number of nitrogens with zero attached hydrogens (tertiary/aromatic N) is 2. The van der Waals surface area contributed by atoms with Crippen molar-refractivity contribution < 1.29 is 4.79 Å². The second-order valence-corrected chi connectivity index (χ2v) is 3.89. The van der Waals surface area contributed by atoms with Crippen LogP contribution in [0.15, 0.2) is 42.6 Å². The number of nitriles is 1. The molecule has 0 aliphatic carbocycles. The highest BCUT2D eigenvalue weighted by atomic mass is 16.1. The van der Waals surface area contributed by atoms with Crippen molar-refractivity contribution in [3.05, 3.63) is 59.4 Å². The van der Waals surface area contributed by atoms with Gasteiger partial charge in [-0.25, -0.2) is 0 Å². The van der Waals surface area contributed by atoms with E-state index in [1.54, 1.807) is 19.1 Å². The predicted octanol–water partition coefficient (Wildman–Crippen LogP) is 2.61. The van der Waals surface area contributed by atoms with Gasteiger partial charge in [-0.05, 0) is 29.8 Å². The first-order chi connectivity index (χ1) is 8.20. The number of hydrogen-bond acceptors (Lipinski definition) is 2. The Hall–Kier alpha value is -2.34. The zero-order valence-electron chi connectivity index (χ0n) is 9.55. The summed E-state index contributed by atoms with van der Waals surface area (Å²) < 4.78 is 1.91. The number of aromatic nitrogens is 1. The van der Waals surface area contributed by atoms with Crippen LogP contribution in [0.25, 0.3) is 0 Å². The van der Waals surface area contributed by atoms with E-state index in [-0.39, 0.29) is 5.78 Å². The smallest absolute Gasteiger partial charge is 0.176 e. The predicted molar refractivity (Wildman–Crippen MR) is 64.7 cm³/mol. The Morgan fingerprint density at radius 3 is 2.59 bits per heavy atom. The van der Waals surface area contributed by atoms with E-state index in [1.165, 1.54) is 0 Å². The second kappa shape index (κ2) is 4.67. The van der Waals surface area contributed by atoms with Gasteiger partial charge in [-0.2, -0.15) is 5.26 Å². The van der Waals surface area contributed by atoms with E-state index >= 15 is 0 Å². The molecule has 17 heavy (non-hydrogen) atoms. The number of hydrogen-bond donors (Lipinski definition) is 0. The third kappa shape index (κ3) is 2.43. The molecule has 0 radical (unpaired) electrons. The number of Topliss-reactive ketones (excluding diaryl/α,β-unsaturated/α-hetero) is 1. The van der Waals surface area contributed by atoms with Gasteiger partial charge in [0.05, 0.1) is 17.3 Å². The minimum atomic E-state index is 0.0589. The van der Waals surface area contributed by atoms with Crippen molar-refractivity contribution in [3.8, 4) is 6.07 Å². The third-order valence-electron chi connectivity index (χ3n) is 2.63.